The summed E-state index contributed by atoms with van der Waals surface area (Å²) < 4.78 is 5.43. The van der Waals surface area contributed by atoms with Gasteiger partial charge in [0.05, 0.1) is 6.26 Å². The van der Waals surface area contributed by atoms with Crippen molar-refractivity contribution in [3.05, 3.63) is 24.0 Å². The van der Waals surface area contributed by atoms with Gasteiger partial charge in [-0.25, -0.2) is 0 Å². The van der Waals surface area contributed by atoms with Gasteiger partial charge in [0.25, 0.3) is 0 Å². The topological polar surface area (TPSA) is 9.23 Å². The van der Waals surface area contributed by atoms with E-state index in [0.717, 1.165) is 24.6 Å². The number of hydrogen-bond acceptors (Lipinski definition) is 1. The Bertz CT molecular complexity index is 178. The highest BCUT2D eigenvalue weighted by molar-refractivity contribution is 9.09. The third-order valence-corrected chi connectivity index (χ3v) is 2.74. The average molecular weight is 231 g/mol. The van der Waals surface area contributed by atoms with Crippen molar-refractivity contribution in [1.82, 2.24) is 0 Å². The SMILES string of the molecule is CC/C(=C/C1CCC=CO1)CBr. The fourth-order valence-corrected chi connectivity index (χ4v) is 1.78. The molecule has 1 heterocycles. The molecule has 0 spiro atoms. The van der Waals surface area contributed by atoms with Crippen LogP contribution >= 0.6 is 15.9 Å². The van der Waals surface area contributed by atoms with Crippen LogP contribution in [0.2, 0.25) is 0 Å². The third kappa shape index (κ3) is 3.02. The third-order valence-electron chi connectivity index (χ3n) is 2.01. The fraction of sp³-hybridized carbons (Fsp3) is 0.600. The Labute approximate surface area is 82.6 Å². The fourth-order valence-electron chi connectivity index (χ4n) is 1.20. The maximum Gasteiger partial charge on any atom is 0.116 e. The molecule has 1 atom stereocenters. The van der Waals surface area contributed by atoms with Gasteiger partial charge in [-0.2, -0.15) is 0 Å². The number of allylic oxidation sites excluding steroid dienone is 2. The standard InChI is InChI=1S/C10H15BrO/c1-2-9(8-11)7-10-5-3-4-6-12-10/h4,6-7,10H,2-3,5,8H2,1H3/b9-7-. The lowest BCUT2D eigenvalue weighted by Gasteiger charge is -2.16. The molecule has 1 rings (SSSR count). The maximum absolute atomic E-state index is 5.43. The lowest BCUT2D eigenvalue weighted by molar-refractivity contribution is 0.164. The second kappa shape index (κ2) is 5.41. The van der Waals surface area contributed by atoms with E-state index in [2.05, 4.69) is 35.0 Å². The summed E-state index contributed by atoms with van der Waals surface area (Å²) in [4.78, 5) is 0. The quantitative estimate of drug-likeness (QED) is 0.534. The lowest BCUT2D eigenvalue weighted by atomic mass is 10.1. The second-order valence-electron chi connectivity index (χ2n) is 2.94. The van der Waals surface area contributed by atoms with Gasteiger partial charge in [-0.15, -0.1) is 0 Å². The number of hydrogen-bond donors (Lipinski definition) is 0. The van der Waals surface area contributed by atoms with Crippen molar-refractivity contribution < 1.29 is 4.74 Å². The van der Waals surface area contributed by atoms with E-state index >= 15 is 0 Å². The Morgan fingerprint density at radius 3 is 3.08 bits per heavy atom. The number of halogens is 1. The van der Waals surface area contributed by atoms with Gasteiger partial charge in [-0.1, -0.05) is 28.4 Å². The molecule has 1 unspecified atom stereocenters. The molecule has 1 aliphatic heterocycles. The van der Waals surface area contributed by atoms with Crippen molar-refractivity contribution in [3.8, 4) is 0 Å². The van der Waals surface area contributed by atoms with Crippen molar-refractivity contribution in [1.29, 1.82) is 0 Å². The Morgan fingerprint density at radius 1 is 1.75 bits per heavy atom. The first kappa shape index (κ1) is 9.85. The predicted molar refractivity (Wildman–Crippen MR) is 55.4 cm³/mol. The minimum atomic E-state index is 0.308. The molecule has 0 fully saturated rings. The van der Waals surface area contributed by atoms with Crippen molar-refractivity contribution in [2.45, 2.75) is 32.3 Å². The zero-order chi connectivity index (χ0) is 8.81. The van der Waals surface area contributed by atoms with Crippen LogP contribution in [0.5, 0.6) is 0 Å². The Balaban J connectivity index is 2.46. The first-order valence-electron chi connectivity index (χ1n) is 4.42. The maximum atomic E-state index is 5.43. The molecule has 0 aromatic heterocycles. The molecule has 1 nitrogen and oxygen atoms in total. The summed E-state index contributed by atoms with van der Waals surface area (Å²) in [6.07, 6.45) is 9.79. The minimum Gasteiger partial charge on any atom is -0.494 e. The zero-order valence-corrected chi connectivity index (χ0v) is 9.01. The van der Waals surface area contributed by atoms with Gasteiger partial charge in [0, 0.05) is 5.33 Å². The van der Waals surface area contributed by atoms with E-state index in [1.165, 1.54) is 5.57 Å². The number of alkyl halides is 1. The van der Waals surface area contributed by atoms with Gasteiger partial charge in [0.15, 0.2) is 0 Å². The monoisotopic (exact) mass is 230 g/mol. The van der Waals surface area contributed by atoms with E-state index < -0.39 is 0 Å². The summed E-state index contributed by atoms with van der Waals surface area (Å²) in [7, 11) is 0. The van der Waals surface area contributed by atoms with E-state index in [-0.39, 0.29) is 0 Å². The molecule has 68 valence electrons. The lowest BCUT2D eigenvalue weighted by Crippen LogP contribution is -2.10. The van der Waals surface area contributed by atoms with Crippen LogP contribution in [0.25, 0.3) is 0 Å². The molecular weight excluding hydrogens is 216 g/mol. The molecule has 12 heavy (non-hydrogen) atoms. The summed E-state index contributed by atoms with van der Waals surface area (Å²) in [5, 5.41) is 0.965. The summed E-state index contributed by atoms with van der Waals surface area (Å²) in [6, 6.07) is 0. The second-order valence-corrected chi connectivity index (χ2v) is 3.50. The molecule has 0 radical (unpaired) electrons. The summed E-state index contributed by atoms with van der Waals surface area (Å²) in [5.41, 5.74) is 1.43. The Morgan fingerprint density at radius 2 is 2.58 bits per heavy atom. The van der Waals surface area contributed by atoms with Gasteiger partial charge in [0.2, 0.25) is 0 Å². The Kier molecular flexibility index (Phi) is 4.44. The zero-order valence-electron chi connectivity index (χ0n) is 7.42. The number of ether oxygens (including phenoxy) is 1. The van der Waals surface area contributed by atoms with Crippen LogP contribution in [0, 0.1) is 0 Å². The predicted octanol–water partition coefficient (Wildman–Crippen LogP) is 3.41. The summed E-state index contributed by atoms with van der Waals surface area (Å²) >= 11 is 3.46. The van der Waals surface area contributed by atoms with Crippen molar-refractivity contribution in [3.63, 3.8) is 0 Å². The van der Waals surface area contributed by atoms with E-state index in [0.29, 0.717) is 6.10 Å². The van der Waals surface area contributed by atoms with Crippen molar-refractivity contribution >= 4 is 15.9 Å². The van der Waals surface area contributed by atoms with E-state index in [1.54, 1.807) is 0 Å². The smallest absolute Gasteiger partial charge is 0.116 e. The molecule has 1 aliphatic rings. The molecule has 0 saturated heterocycles. The normalized spacial score (nSPS) is 23.8. The largest absolute Gasteiger partial charge is 0.494 e. The molecular formula is C10H15BrO. The van der Waals surface area contributed by atoms with Gasteiger partial charge >= 0.3 is 0 Å². The molecule has 0 saturated carbocycles. The Hall–Kier alpha value is -0.240. The first-order valence-corrected chi connectivity index (χ1v) is 5.55. The van der Waals surface area contributed by atoms with Crippen molar-refractivity contribution in [2.75, 3.05) is 5.33 Å². The van der Waals surface area contributed by atoms with Crippen LogP contribution in [0.1, 0.15) is 26.2 Å². The van der Waals surface area contributed by atoms with E-state index in [1.807, 2.05) is 6.26 Å². The first-order chi connectivity index (χ1) is 5.86. The molecule has 0 aromatic carbocycles. The summed E-state index contributed by atoms with van der Waals surface area (Å²) in [6.45, 7) is 2.17. The summed E-state index contributed by atoms with van der Waals surface area (Å²) in [5.74, 6) is 0. The number of rotatable bonds is 3. The van der Waals surface area contributed by atoms with Gasteiger partial charge in [-0.3, -0.25) is 0 Å². The van der Waals surface area contributed by atoms with Crippen LogP contribution in [-0.2, 0) is 4.74 Å². The van der Waals surface area contributed by atoms with Gasteiger partial charge in [-0.05, 0) is 31.4 Å². The molecule has 0 aromatic rings. The van der Waals surface area contributed by atoms with Gasteiger partial charge in [0.1, 0.15) is 6.10 Å². The highest BCUT2D eigenvalue weighted by Crippen LogP contribution is 2.15. The van der Waals surface area contributed by atoms with Crippen LogP contribution in [0.15, 0.2) is 24.0 Å². The van der Waals surface area contributed by atoms with Crippen LogP contribution in [0.3, 0.4) is 0 Å². The van der Waals surface area contributed by atoms with Crippen LogP contribution in [0.4, 0.5) is 0 Å². The van der Waals surface area contributed by atoms with Gasteiger partial charge < -0.3 is 4.74 Å². The molecule has 0 amide bonds. The highest BCUT2D eigenvalue weighted by atomic mass is 79.9. The van der Waals surface area contributed by atoms with E-state index in [4.69, 9.17) is 4.74 Å². The van der Waals surface area contributed by atoms with Crippen LogP contribution in [-0.4, -0.2) is 11.4 Å². The minimum absolute atomic E-state index is 0.308. The average Bonchev–Trinajstić information content (AvgIpc) is 2.16. The highest BCUT2D eigenvalue weighted by Gasteiger charge is 2.07. The molecule has 2 heteroatoms. The molecule has 0 N–H and O–H groups in total. The molecule has 0 aliphatic carbocycles. The van der Waals surface area contributed by atoms with E-state index in [9.17, 15) is 0 Å². The van der Waals surface area contributed by atoms with Crippen molar-refractivity contribution in [2.24, 2.45) is 0 Å². The molecule has 0 bridgehead atoms. The van der Waals surface area contributed by atoms with Crippen LogP contribution < -0.4 is 0 Å².